The molecule has 0 aliphatic rings. The molecule has 2 N–H and O–H groups in total. The van der Waals surface area contributed by atoms with Crippen LogP contribution in [0.15, 0.2) is 133 Å². The van der Waals surface area contributed by atoms with Crippen molar-refractivity contribution in [1.29, 1.82) is 0 Å². The molecular formula is C32H24N6O6. The van der Waals surface area contributed by atoms with Crippen LogP contribution in [0.5, 0.6) is 0 Å². The van der Waals surface area contributed by atoms with Crippen molar-refractivity contribution < 1.29 is 19.4 Å². The topological polar surface area (TPSA) is 151 Å². The SMILES string of the molecule is O=C(NN(c1ccccc1)c1cc(N(NC(=O)c2ccccc2)c2ccccc2)c([N+](=O)[O-])cc1[N+](=O)[O-])c1ccccc1. The number of amides is 2. The van der Waals surface area contributed by atoms with Gasteiger partial charge in [0.2, 0.25) is 0 Å². The average Bonchev–Trinajstić information content (AvgIpc) is 3.06. The Kier molecular flexibility index (Phi) is 8.52. The van der Waals surface area contributed by atoms with Gasteiger partial charge in [-0.05, 0) is 48.5 Å². The van der Waals surface area contributed by atoms with Crippen molar-refractivity contribution in [3.05, 3.63) is 165 Å². The number of carbonyl (C=O) groups is 2. The Labute approximate surface area is 251 Å². The van der Waals surface area contributed by atoms with Crippen LogP contribution in [-0.2, 0) is 0 Å². The van der Waals surface area contributed by atoms with Crippen LogP contribution in [0.25, 0.3) is 0 Å². The Morgan fingerprint density at radius 2 is 0.818 bits per heavy atom. The summed E-state index contributed by atoms with van der Waals surface area (Å²) in [5.41, 5.74) is 4.92. The third kappa shape index (κ3) is 6.34. The molecule has 0 aromatic heterocycles. The molecule has 0 radical (unpaired) electrons. The van der Waals surface area contributed by atoms with Crippen molar-refractivity contribution in [1.82, 2.24) is 10.9 Å². The maximum atomic E-state index is 13.3. The summed E-state index contributed by atoms with van der Waals surface area (Å²) in [6.07, 6.45) is 0. The predicted octanol–water partition coefficient (Wildman–Crippen LogP) is 6.47. The standard InChI is InChI=1S/C32H24N6O6/c39-31(23-13-5-1-6-14-23)33-35(25-17-9-3-10-18-25)27-21-28(30(38(43)44)22-29(27)37(41)42)36(26-19-11-4-12-20-26)34-32(40)24-15-7-2-8-16-24/h1-22H,(H,33,39)(H,34,40). The molecular weight excluding hydrogens is 564 g/mol. The smallest absolute Gasteiger partial charge is 0.267 e. The van der Waals surface area contributed by atoms with Gasteiger partial charge in [-0.1, -0.05) is 72.8 Å². The summed E-state index contributed by atoms with van der Waals surface area (Å²) in [6, 6.07) is 35.0. The number of nitro benzene ring substituents is 2. The zero-order valence-corrected chi connectivity index (χ0v) is 22.9. The third-order valence-electron chi connectivity index (χ3n) is 6.47. The molecule has 12 heteroatoms. The second-order valence-corrected chi connectivity index (χ2v) is 9.30. The van der Waals surface area contributed by atoms with Crippen molar-refractivity contribution in [3.8, 4) is 0 Å². The molecule has 218 valence electrons. The van der Waals surface area contributed by atoms with E-state index in [1.165, 1.54) is 16.1 Å². The molecule has 0 bridgehead atoms. The fraction of sp³-hybridized carbons (Fsp3) is 0. The number of hydrazine groups is 2. The van der Waals surface area contributed by atoms with Gasteiger partial charge in [0, 0.05) is 17.2 Å². The lowest BCUT2D eigenvalue weighted by Gasteiger charge is -2.29. The van der Waals surface area contributed by atoms with Gasteiger partial charge in [0.05, 0.1) is 27.3 Å². The number of hydrogen-bond donors (Lipinski definition) is 2. The van der Waals surface area contributed by atoms with Gasteiger partial charge in [-0.25, -0.2) is 10.0 Å². The van der Waals surface area contributed by atoms with Gasteiger partial charge in [-0.15, -0.1) is 0 Å². The van der Waals surface area contributed by atoms with Crippen LogP contribution in [0, 0.1) is 20.2 Å². The van der Waals surface area contributed by atoms with E-state index in [2.05, 4.69) is 10.9 Å². The number of carbonyl (C=O) groups excluding carboxylic acids is 2. The van der Waals surface area contributed by atoms with E-state index in [4.69, 9.17) is 0 Å². The molecule has 0 aliphatic heterocycles. The summed E-state index contributed by atoms with van der Waals surface area (Å²) in [5, 5.41) is 27.1. The molecule has 12 nitrogen and oxygen atoms in total. The predicted molar refractivity (Wildman–Crippen MR) is 165 cm³/mol. The first-order chi connectivity index (χ1) is 21.3. The van der Waals surface area contributed by atoms with Crippen molar-refractivity contribution in [3.63, 3.8) is 0 Å². The molecule has 0 aliphatic carbocycles. The minimum atomic E-state index is -0.772. The van der Waals surface area contributed by atoms with E-state index in [-0.39, 0.29) is 22.5 Å². The number of para-hydroxylation sites is 2. The van der Waals surface area contributed by atoms with Crippen LogP contribution in [0.1, 0.15) is 20.7 Å². The van der Waals surface area contributed by atoms with E-state index in [9.17, 15) is 29.8 Å². The van der Waals surface area contributed by atoms with Crippen LogP contribution < -0.4 is 20.9 Å². The molecule has 0 unspecified atom stereocenters. The van der Waals surface area contributed by atoms with Crippen molar-refractivity contribution >= 4 is 45.9 Å². The summed E-state index contributed by atoms with van der Waals surface area (Å²) >= 11 is 0. The summed E-state index contributed by atoms with van der Waals surface area (Å²) in [6.45, 7) is 0. The largest absolute Gasteiger partial charge is 0.301 e. The Morgan fingerprint density at radius 1 is 0.500 bits per heavy atom. The molecule has 0 heterocycles. The highest BCUT2D eigenvalue weighted by Gasteiger charge is 2.33. The van der Waals surface area contributed by atoms with Gasteiger partial charge in [-0.3, -0.25) is 40.7 Å². The van der Waals surface area contributed by atoms with Crippen molar-refractivity contribution in [2.75, 3.05) is 10.0 Å². The molecule has 0 spiro atoms. The normalized spacial score (nSPS) is 10.4. The van der Waals surface area contributed by atoms with Crippen molar-refractivity contribution in [2.24, 2.45) is 0 Å². The van der Waals surface area contributed by atoms with Crippen LogP contribution >= 0.6 is 0 Å². The number of nitrogens with one attached hydrogen (secondary N) is 2. The fourth-order valence-electron chi connectivity index (χ4n) is 4.40. The van der Waals surface area contributed by atoms with E-state index in [0.29, 0.717) is 11.4 Å². The Hall–Kier alpha value is -6.56. The number of anilines is 4. The van der Waals surface area contributed by atoms with Crippen LogP contribution in [0.4, 0.5) is 34.1 Å². The maximum Gasteiger partial charge on any atom is 0.301 e. The third-order valence-corrected chi connectivity index (χ3v) is 6.47. The molecule has 2 amide bonds. The minimum Gasteiger partial charge on any atom is -0.267 e. The van der Waals surface area contributed by atoms with Crippen LogP contribution in [0.3, 0.4) is 0 Å². The lowest BCUT2D eigenvalue weighted by molar-refractivity contribution is -0.393. The van der Waals surface area contributed by atoms with Gasteiger partial charge >= 0.3 is 11.4 Å². The molecule has 5 aromatic carbocycles. The summed E-state index contributed by atoms with van der Waals surface area (Å²) < 4.78 is 0. The van der Waals surface area contributed by atoms with E-state index < -0.39 is 33.0 Å². The Morgan fingerprint density at radius 3 is 1.14 bits per heavy atom. The van der Waals surface area contributed by atoms with Crippen LogP contribution in [0.2, 0.25) is 0 Å². The molecule has 0 saturated carbocycles. The summed E-state index contributed by atoms with van der Waals surface area (Å²) in [7, 11) is 0. The molecule has 0 fully saturated rings. The Bertz CT molecular complexity index is 1680. The average molecular weight is 589 g/mol. The highest BCUT2D eigenvalue weighted by Crippen LogP contribution is 2.43. The van der Waals surface area contributed by atoms with E-state index in [1.54, 1.807) is 121 Å². The van der Waals surface area contributed by atoms with Gasteiger partial charge in [0.15, 0.2) is 0 Å². The Balaban J connectivity index is 1.72. The van der Waals surface area contributed by atoms with Crippen LogP contribution in [-0.4, -0.2) is 21.7 Å². The monoisotopic (exact) mass is 588 g/mol. The highest BCUT2D eigenvalue weighted by molar-refractivity contribution is 5.98. The first kappa shape index (κ1) is 29.0. The second kappa shape index (κ2) is 13.0. The zero-order valence-electron chi connectivity index (χ0n) is 22.9. The number of rotatable bonds is 10. The molecule has 44 heavy (non-hydrogen) atoms. The minimum absolute atomic E-state index is 0.194. The second-order valence-electron chi connectivity index (χ2n) is 9.30. The van der Waals surface area contributed by atoms with E-state index in [1.807, 2.05) is 0 Å². The lowest BCUT2D eigenvalue weighted by atomic mass is 10.1. The van der Waals surface area contributed by atoms with Gasteiger partial charge in [-0.2, -0.15) is 0 Å². The quantitative estimate of drug-likeness (QED) is 0.139. The van der Waals surface area contributed by atoms with Gasteiger partial charge < -0.3 is 0 Å². The number of nitrogens with zero attached hydrogens (tertiary/aromatic N) is 4. The number of nitro groups is 2. The molecule has 0 atom stereocenters. The first-order valence-corrected chi connectivity index (χ1v) is 13.2. The lowest BCUT2D eigenvalue weighted by Crippen LogP contribution is -2.41. The van der Waals surface area contributed by atoms with E-state index in [0.717, 1.165) is 6.07 Å². The zero-order chi connectivity index (χ0) is 31.1. The molecule has 0 saturated heterocycles. The summed E-state index contributed by atoms with van der Waals surface area (Å²) in [5.74, 6) is -1.16. The van der Waals surface area contributed by atoms with E-state index >= 15 is 0 Å². The van der Waals surface area contributed by atoms with Gasteiger partial charge in [0.1, 0.15) is 11.4 Å². The molecule has 5 aromatic rings. The highest BCUT2D eigenvalue weighted by atomic mass is 16.6. The maximum absolute atomic E-state index is 13.3. The summed E-state index contributed by atoms with van der Waals surface area (Å²) in [4.78, 5) is 49.8. The number of benzene rings is 5. The number of hydrogen-bond acceptors (Lipinski definition) is 8. The van der Waals surface area contributed by atoms with Gasteiger partial charge in [0.25, 0.3) is 11.8 Å². The fourth-order valence-corrected chi connectivity index (χ4v) is 4.40. The molecule has 5 rings (SSSR count). The first-order valence-electron chi connectivity index (χ1n) is 13.2. The van der Waals surface area contributed by atoms with Crippen molar-refractivity contribution in [2.45, 2.75) is 0 Å².